The number of aliphatic hydroxyl groups excluding tert-OH is 5. The van der Waals surface area contributed by atoms with E-state index in [-0.39, 0.29) is 6.29 Å². The predicted octanol–water partition coefficient (Wildman–Crippen LogP) is -3.81. The standard InChI is InChI=1S/C7H12O7/c8-1-3(10)5(12)7(14)6(13)4(11)2-9/h1,4-7,9,11-14H,2H2/t4-,5+,6+,7-/m1/s1. The first-order chi connectivity index (χ1) is 6.45. The van der Waals surface area contributed by atoms with E-state index >= 15 is 0 Å². The highest BCUT2D eigenvalue weighted by atomic mass is 16.4. The number of carbonyl (C=O) groups excluding carboxylic acids is 2. The molecule has 0 bridgehead atoms. The lowest BCUT2D eigenvalue weighted by molar-refractivity contribution is -0.150. The van der Waals surface area contributed by atoms with E-state index in [1.807, 2.05) is 0 Å². The summed E-state index contributed by atoms with van der Waals surface area (Å²) in [5.41, 5.74) is 0. The fraction of sp³-hybridized carbons (Fsp3) is 0.714. The zero-order valence-electron chi connectivity index (χ0n) is 7.15. The Hall–Kier alpha value is -0.860. The maximum absolute atomic E-state index is 10.5. The zero-order valence-corrected chi connectivity index (χ0v) is 7.15. The molecular weight excluding hydrogens is 196 g/mol. The van der Waals surface area contributed by atoms with Crippen molar-refractivity contribution >= 4 is 12.1 Å². The Morgan fingerprint density at radius 3 is 2.00 bits per heavy atom. The quantitative estimate of drug-likeness (QED) is 0.223. The Labute approximate surface area is 79.2 Å². The number of hydrogen-bond donors (Lipinski definition) is 5. The normalized spacial score (nSPS) is 19.5. The first-order valence-electron chi connectivity index (χ1n) is 3.77. The van der Waals surface area contributed by atoms with Gasteiger partial charge in [-0.1, -0.05) is 0 Å². The van der Waals surface area contributed by atoms with Crippen molar-refractivity contribution in [3.8, 4) is 0 Å². The van der Waals surface area contributed by atoms with Gasteiger partial charge < -0.3 is 25.5 Å². The third kappa shape index (κ3) is 3.13. The van der Waals surface area contributed by atoms with Crippen LogP contribution in [0.4, 0.5) is 0 Å². The van der Waals surface area contributed by atoms with Crippen LogP contribution in [0.2, 0.25) is 0 Å². The highest BCUT2D eigenvalue weighted by Crippen LogP contribution is 2.05. The van der Waals surface area contributed by atoms with E-state index in [1.54, 1.807) is 0 Å². The summed E-state index contributed by atoms with van der Waals surface area (Å²) in [7, 11) is 0. The molecule has 0 aromatic rings. The third-order valence-corrected chi connectivity index (χ3v) is 1.66. The van der Waals surface area contributed by atoms with Crippen molar-refractivity contribution in [1.82, 2.24) is 0 Å². The first-order valence-corrected chi connectivity index (χ1v) is 3.77. The second kappa shape index (κ2) is 5.78. The van der Waals surface area contributed by atoms with Gasteiger partial charge in [0.2, 0.25) is 5.78 Å². The van der Waals surface area contributed by atoms with Gasteiger partial charge in [0.1, 0.15) is 24.4 Å². The van der Waals surface area contributed by atoms with Crippen molar-refractivity contribution in [3.63, 3.8) is 0 Å². The molecule has 0 fully saturated rings. The van der Waals surface area contributed by atoms with Gasteiger partial charge in [-0.25, -0.2) is 0 Å². The van der Waals surface area contributed by atoms with Gasteiger partial charge in [-0.05, 0) is 0 Å². The second-order valence-electron chi connectivity index (χ2n) is 2.70. The molecule has 0 amide bonds. The number of aldehydes is 1. The van der Waals surface area contributed by atoms with Crippen LogP contribution < -0.4 is 0 Å². The average molecular weight is 208 g/mol. The molecule has 0 radical (unpaired) electrons. The van der Waals surface area contributed by atoms with Gasteiger partial charge >= 0.3 is 0 Å². The summed E-state index contributed by atoms with van der Waals surface area (Å²) < 4.78 is 0. The van der Waals surface area contributed by atoms with E-state index in [2.05, 4.69) is 0 Å². The highest BCUT2D eigenvalue weighted by molar-refractivity contribution is 6.27. The van der Waals surface area contributed by atoms with E-state index in [0.29, 0.717) is 0 Å². The topological polar surface area (TPSA) is 135 Å². The molecule has 7 nitrogen and oxygen atoms in total. The SMILES string of the molecule is O=CC(=O)[C@H](O)[C@@H](O)[C@@H](O)[C@H](O)CO. The monoisotopic (exact) mass is 208 g/mol. The summed E-state index contributed by atoms with van der Waals surface area (Å²) in [4.78, 5) is 20.4. The van der Waals surface area contributed by atoms with Crippen LogP contribution in [0.25, 0.3) is 0 Å². The fourth-order valence-corrected chi connectivity index (χ4v) is 0.760. The van der Waals surface area contributed by atoms with E-state index in [9.17, 15) is 9.59 Å². The molecule has 14 heavy (non-hydrogen) atoms. The van der Waals surface area contributed by atoms with Gasteiger partial charge in [0.15, 0.2) is 6.29 Å². The van der Waals surface area contributed by atoms with E-state index in [1.165, 1.54) is 0 Å². The number of hydrogen-bond acceptors (Lipinski definition) is 7. The number of aliphatic hydroxyl groups is 5. The van der Waals surface area contributed by atoms with E-state index < -0.39 is 36.8 Å². The molecule has 0 aliphatic rings. The zero-order chi connectivity index (χ0) is 11.3. The van der Waals surface area contributed by atoms with Crippen molar-refractivity contribution in [2.45, 2.75) is 24.4 Å². The Morgan fingerprint density at radius 1 is 1.14 bits per heavy atom. The largest absolute Gasteiger partial charge is 0.394 e. The van der Waals surface area contributed by atoms with E-state index in [4.69, 9.17) is 25.5 Å². The summed E-state index contributed by atoms with van der Waals surface area (Å²) in [5.74, 6) is -1.32. The molecule has 0 heterocycles. The molecule has 0 saturated carbocycles. The Balaban J connectivity index is 4.37. The smallest absolute Gasteiger partial charge is 0.226 e. The van der Waals surface area contributed by atoms with Crippen molar-refractivity contribution in [3.05, 3.63) is 0 Å². The number of carbonyl (C=O) groups is 2. The van der Waals surface area contributed by atoms with Gasteiger partial charge in [-0.15, -0.1) is 0 Å². The molecule has 7 heteroatoms. The van der Waals surface area contributed by atoms with Crippen LogP contribution in [0.5, 0.6) is 0 Å². The molecular formula is C7H12O7. The minimum Gasteiger partial charge on any atom is -0.394 e. The van der Waals surface area contributed by atoms with Gasteiger partial charge in [-0.3, -0.25) is 9.59 Å². The summed E-state index contributed by atoms with van der Waals surface area (Å²) >= 11 is 0. The molecule has 0 aliphatic heterocycles. The highest BCUT2D eigenvalue weighted by Gasteiger charge is 2.33. The van der Waals surface area contributed by atoms with Crippen LogP contribution in [-0.2, 0) is 9.59 Å². The Kier molecular flexibility index (Phi) is 5.43. The molecule has 0 aliphatic carbocycles. The Morgan fingerprint density at radius 2 is 1.64 bits per heavy atom. The summed E-state index contributed by atoms with van der Waals surface area (Å²) in [5, 5.41) is 44.2. The van der Waals surface area contributed by atoms with Crippen LogP contribution in [0.1, 0.15) is 0 Å². The van der Waals surface area contributed by atoms with Gasteiger partial charge in [-0.2, -0.15) is 0 Å². The lowest BCUT2D eigenvalue weighted by Crippen LogP contribution is -2.48. The van der Waals surface area contributed by atoms with Gasteiger partial charge in [0, 0.05) is 0 Å². The average Bonchev–Trinajstić information content (AvgIpc) is 2.23. The van der Waals surface area contributed by atoms with Crippen molar-refractivity contribution in [1.29, 1.82) is 0 Å². The van der Waals surface area contributed by atoms with Gasteiger partial charge in [0.25, 0.3) is 0 Å². The molecule has 0 rings (SSSR count). The number of Topliss-reactive ketones (excluding diaryl/α,β-unsaturated/α-hetero) is 1. The molecule has 5 N–H and O–H groups in total. The van der Waals surface area contributed by atoms with Crippen LogP contribution >= 0.6 is 0 Å². The predicted molar refractivity (Wildman–Crippen MR) is 42.2 cm³/mol. The molecule has 0 aromatic carbocycles. The maximum Gasteiger partial charge on any atom is 0.226 e. The lowest BCUT2D eigenvalue weighted by Gasteiger charge is -2.23. The van der Waals surface area contributed by atoms with Crippen molar-refractivity contribution in [2.75, 3.05) is 6.61 Å². The van der Waals surface area contributed by atoms with Crippen LogP contribution in [0.3, 0.4) is 0 Å². The lowest BCUT2D eigenvalue weighted by atomic mass is 10.0. The van der Waals surface area contributed by atoms with Crippen molar-refractivity contribution in [2.24, 2.45) is 0 Å². The molecule has 0 spiro atoms. The minimum absolute atomic E-state index is 0.216. The van der Waals surface area contributed by atoms with E-state index in [0.717, 1.165) is 0 Å². The molecule has 0 unspecified atom stereocenters. The summed E-state index contributed by atoms with van der Waals surface area (Å²) in [6.07, 6.45) is -7.94. The minimum atomic E-state index is -2.11. The second-order valence-corrected chi connectivity index (χ2v) is 2.70. The fourth-order valence-electron chi connectivity index (χ4n) is 0.760. The van der Waals surface area contributed by atoms with Crippen LogP contribution in [-0.4, -0.2) is 68.6 Å². The summed E-state index contributed by atoms with van der Waals surface area (Å²) in [6, 6.07) is 0. The van der Waals surface area contributed by atoms with Gasteiger partial charge in [0.05, 0.1) is 6.61 Å². The molecule has 82 valence electrons. The Bertz CT molecular complexity index is 204. The molecule has 0 aromatic heterocycles. The number of ketones is 1. The molecule has 4 atom stereocenters. The molecule has 0 saturated heterocycles. The van der Waals surface area contributed by atoms with Crippen LogP contribution in [0.15, 0.2) is 0 Å². The maximum atomic E-state index is 10.5. The third-order valence-electron chi connectivity index (χ3n) is 1.66. The summed E-state index contributed by atoms with van der Waals surface area (Å²) in [6.45, 7) is -0.847. The van der Waals surface area contributed by atoms with Crippen molar-refractivity contribution < 1.29 is 35.1 Å². The number of rotatable bonds is 6. The first kappa shape index (κ1) is 13.1. The van der Waals surface area contributed by atoms with Crippen LogP contribution in [0, 0.1) is 0 Å².